The average Bonchev–Trinajstić information content (AvgIpc) is 3.24. The van der Waals surface area contributed by atoms with E-state index in [1.807, 2.05) is 36.6 Å². The number of fused-ring (bicyclic) bond motifs is 1. The van der Waals surface area contributed by atoms with Crippen molar-refractivity contribution in [1.82, 2.24) is 14.6 Å². The summed E-state index contributed by atoms with van der Waals surface area (Å²) in [4.78, 5) is 17.3. The highest BCUT2D eigenvalue weighted by Gasteiger charge is 2.13. The number of hydrogen-bond acceptors (Lipinski definition) is 5. The number of aryl methyl sites for hydroxylation is 2. The molecule has 0 saturated heterocycles. The Bertz CT molecular complexity index is 1100. The van der Waals surface area contributed by atoms with E-state index in [1.165, 1.54) is 22.5 Å². The van der Waals surface area contributed by atoms with Gasteiger partial charge in [0.05, 0.1) is 18.7 Å². The van der Waals surface area contributed by atoms with E-state index in [0.29, 0.717) is 12.6 Å². The third kappa shape index (κ3) is 4.04. The third-order valence-corrected chi connectivity index (χ3v) is 5.12. The third-order valence-electron chi connectivity index (χ3n) is 4.30. The van der Waals surface area contributed by atoms with E-state index in [0.717, 1.165) is 22.0 Å². The Morgan fingerprint density at radius 1 is 1.07 bits per heavy atom. The maximum Gasteiger partial charge on any atom is 0.250 e. The Kier molecular flexibility index (Phi) is 5.08. The van der Waals surface area contributed by atoms with Crippen LogP contribution in [-0.4, -0.2) is 27.1 Å². The second-order valence-corrected chi connectivity index (χ2v) is 7.41. The zero-order valence-corrected chi connectivity index (χ0v) is 16.5. The Balaban J connectivity index is 1.38. The van der Waals surface area contributed by atoms with Gasteiger partial charge in [-0.1, -0.05) is 47.5 Å². The van der Waals surface area contributed by atoms with Crippen molar-refractivity contribution in [3.8, 4) is 17.0 Å². The number of carbonyl (C=O) groups is 1. The molecule has 0 radical (unpaired) electrons. The van der Waals surface area contributed by atoms with Crippen LogP contribution < -0.4 is 10.1 Å². The molecule has 0 saturated carbocycles. The molecule has 0 bridgehead atoms. The molecule has 2 aromatic carbocycles. The largest absolute Gasteiger partial charge is 0.493 e. The number of anilines is 1. The maximum absolute atomic E-state index is 12.2. The smallest absolute Gasteiger partial charge is 0.250 e. The van der Waals surface area contributed by atoms with Gasteiger partial charge < -0.3 is 4.74 Å². The van der Waals surface area contributed by atoms with E-state index >= 15 is 0 Å². The maximum atomic E-state index is 12.2. The normalized spacial score (nSPS) is 10.9. The van der Waals surface area contributed by atoms with Crippen LogP contribution in [0.5, 0.6) is 5.75 Å². The van der Waals surface area contributed by atoms with Gasteiger partial charge in [0.25, 0.3) is 0 Å². The molecular formula is C21H20N4O2S. The zero-order valence-electron chi connectivity index (χ0n) is 15.7. The van der Waals surface area contributed by atoms with Crippen LogP contribution in [0.25, 0.3) is 16.2 Å². The molecule has 0 aliphatic heterocycles. The monoisotopic (exact) mass is 392 g/mol. The SMILES string of the molecule is Cc1ccc(OCCC(=O)Nc2nc3scc(-c4ccc(C)cc4)n3n2)cc1. The quantitative estimate of drug-likeness (QED) is 0.525. The molecule has 28 heavy (non-hydrogen) atoms. The predicted molar refractivity (Wildman–Crippen MR) is 111 cm³/mol. The number of amides is 1. The van der Waals surface area contributed by atoms with Gasteiger partial charge in [0.15, 0.2) is 0 Å². The van der Waals surface area contributed by atoms with Crippen molar-refractivity contribution in [1.29, 1.82) is 0 Å². The minimum absolute atomic E-state index is 0.178. The number of rotatable bonds is 6. The minimum atomic E-state index is -0.178. The molecule has 142 valence electrons. The van der Waals surface area contributed by atoms with Gasteiger partial charge >= 0.3 is 0 Å². The van der Waals surface area contributed by atoms with Gasteiger partial charge in [-0.15, -0.1) is 16.4 Å². The summed E-state index contributed by atoms with van der Waals surface area (Å²) in [6.45, 7) is 4.37. The molecular weight excluding hydrogens is 372 g/mol. The summed E-state index contributed by atoms with van der Waals surface area (Å²) in [7, 11) is 0. The lowest BCUT2D eigenvalue weighted by Gasteiger charge is -2.06. The first kappa shape index (κ1) is 18.2. The molecule has 4 aromatic rings. The summed E-state index contributed by atoms with van der Waals surface area (Å²) in [5.74, 6) is 0.879. The summed E-state index contributed by atoms with van der Waals surface area (Å²) in [5, 5.41) is 9.19. The Labute approximate surface area is 166 Å². The molecule has 6 nitrogen and oxygen atoms in total. The molecule has 4 rings (SSSR count). The van der Waals surface area contributed by atoms with E-state index < -0.39 is 0 Å². The van der Waals surface area contributed by atoms with Crippen molar-refractivity contribution in [3.05, 3.63) is 65.0 Å². The number of hydrogen-bond donors (Lipinski definition) is 1. The molecule has 7 heteroatoms. The van der Waals surface area contributed by atoms with E-state index in [1.54, 1.807) is 4.52 Å². The minimum Gasteiger partial charge on any atom is -0.493 e. The molecule has 0 atom stereocenters. The first-order chi connectivity index (χ1) is 13.6. The fraction of sp³-hybridized carbons (Fsp3) is 0.190. The van der Waals surface area contributed by atoms with Gasteiger partial charge in [-0.2, -0.15) is 4.98 Å². The Morgan fingerprint density at radius 2 is 1.75 bits per heavy atom. The molecule has 0 unspecified atom stereocenters. The average molecular weight is 392 g/mol. The predicted octanol–water partition coefficient (Wildman–Crippen LogP) is 4.48. The standard InChI is InChI=1S/C21H20N4O2S/c1-14-3-7-16(8-4-14)18-13-28-21-23-20(24-25(18)21)22-19(26)11-12-27-17-9-5-15(2)6-10-17/h3-10,13H,11-12H2,1-2H3,(H,22,24,26). The molecule has 0 aliphatic rings. The van der Waals surface area contributed by atoms with Crippen LogP contribution in [-0.2, 0) is 4.79 Å². The highest BCUT2D eigenvalue weighted by Crippen LogP contribution is 2.26. The zero-order chi connectivity index (χ0) is 19.5. The highest BCUT2D eigenvalue weighted by molar-refractivity contribution is 7.15. The van der Waals surface area contributed by atoms with Crippen molar-refractivity contribution in [2.75, 3.05) is 11.9 Å². The first-order valence-electron chi connectivity index (χ1n) is 8.99. The molecule has 2 aromatic heterocycles. The summed E-state index contributed by atoms with van der Waals surface area (Å²) in [6.07, 6.45) is 0.228. The van der Waals surface area contributed by atoms with Crippen LogP contribution in [0, 0.1) is 13.8 Å². The van der Waals surface area contributed by atoms with Crippen LogP contribution >= 0.6 is 11.3 Å². The molecule has 1 N–H and O–H groups in total. The summed E-state index contributed by atoms with van der Waals surface area (Å²) in [5.41, 5.74) is 4.39. The number of nitrogens with zero attached hydrogens (tertiary/aromatic N) is 3. The number of carbonyl (C=O) groups excluding carboxylic acids is 1. The fourth-order valence-corrected chi connectivity index (χ4v) is 3.57. The summed E-state index contributed by atoms with van der Waals surface area (Å²) in [6, 6.07) is 16.0. The van der Waals surface area contributed by atoms with Gasteiger partial charge in [0.1, 0.15) is 5.75 Å². The van der Waals surface area contributed by atoms with Crippen molar-refractivity contribution in [2.24, 2.45) is 0 Å². The van der Waals surface area contributed by atoms with Gasteiger partial charge in [-0.05, 0) is 26.0 Å². The number of aromatic nitrogens is 3. The molecule has 0 aliphatic carbocycles. The van der Waals surface area contributed by atoms with Crippen LogP contribution in [0.4, 0.5) is 5.95 Å². The lowest BCUT2D eigenvalue weighted by Crippen LogP contribution is -2.16. The number of ether oxygens (including phenoxy) is 1. The molecule has 0 fully saturated rings. The van der Waals surface area contributed by atoms with Crippen molar-refractivity contribution >= 4 is 28.2 Å². The Hall–Kier alpha value is -3.19. The van der Waals surface area contributed by atoms with E-state index in [4.69, 9.17) is 4.74 Å². The lowest BCUT2D eigenvalue weighted by atomic mass is 10.1. The van der Waals surface area contributed by atoms with Gasteiger partial charge in [-0.3, -0.25) is 10.1 Å². The summed E-state index contributed by atoms with van der Waals surface area (Å²) >= 11 is 1.49. The van der Waals surface area contributed by atoms with E-state index in [-0.39, 0.29) is 12.3 Å². The number of thiazole rings is 1. The van der Waals surface area contributed by atoms with Crippen LogP contribution in [0.2, 0.25) is 0 Å². The molecule has 2 heterocycles. The van der Waals surface area contributed by atoms with Gasteiger partial charge in [0.2, 0.25) is 16.8 Å². The van der Waals surface area contributed by atoms with Crippen molar-refractivity contribution in [3.63, 3.8) is 0 Å². The van der Waals surface area contributed by atoms with Crippen molar-refractivity contribution < 1.29 is 9.53 Å². The van der Waals surface area contributed by atoms with Crippen LogP contribution in [0.1, 0.15) is 17.5 Å². The van der Waals surface area contributed by atoms with Gasteiger partial charge in [-0.25, -0.2) is 4.52 Å². The second-order valence-electron chi connectivity index (χ2n) is 6.58. The fourth-order valence-electron chi connectivity index (χ4n) is 2.74. The van der Waals surface area contributed by atoms with E-state index in [2.05, 4.69) is 46.6 Å². The van der Waals surface area contributed by atoms with Crippen LogP contribution in [0.15, 0.2) is 53.9 Å². The topological polar surface area (TPSA) is 68.5 Å². The first-order valence-corrected chi connectivity index (χ1v) is 9.87. The highest BCUT2D eigenvalue weighted by atomic mass is 32.1. The molecule has 0 spiro atoms. The number of benzene rings is 2. The Morgan fingerprint density at radius 3 is 2.46 bits per heavy atom. The second kappa shape index (κ2) is 7.82. The molecule has 1 amide bonds. The van der Waals surface area contributed by atoms with Crippen LogP contribution in [0.3, 0.4) is 0 Å². The lowest BCUT2D eigenvalue weighted by molar-refractivity contribution is -0.116. The number of nitrogens with one attached hydrogen (secondary N) is 1. The van der Waals surface area contributed by atoms with E-state index in [9.17, 15) is 4.79 Å². The van der Waals surface area contributed by atoms with Gasteiger partial charge in [0, 0.05) is 10.9 Å². The van der Waals surface area contributed by atoms with Crippen molar-refractivity contribution in [2.45, 2.75) is 20.3 Å². The summed E-state index contributed by atoms with van der Waals surface area (Å²) < 4.78 is 7.35.